The fourth-order valence-electron chi connectivity index (χ4n) is 2.32. The molecule has 0 aliphatic carbocycles. The molecular weight excluding hydrogens is 352 g/mol. The molecule has 0 atom stereocenters. The van der Waals surface area contributed by atoms with E-state index in [1.165, 1.54) is 11.8 Å². The summed E-state index contributed by atoms with van der Waals surface area (Å²) >= 11 is 1.48. The molecule has 0 aliphatic heterocycles. The van der Waals surface area contributed by atoms with Crippen molar-refractivity contribution in [1.82, 2.24) is 29.7 Å². The Balaban J connectivity index is 1.81. The van der Waals surface area contributed by atoms with Crippen LogP contribution in [0.3, 0.4) is 0 Å². The number of aromatic nitrogens is 6. The minimum absolute atomic E-state index is 0.201. The Kier molecular flexibility index (Phi) is 5.21. The molecule has 0 aliphatic rings. The van der Waals surface area contributed by atoms with Gasteiger partial charge in [0.1, 0.15) is 11.6 Å². The maximum atomic E-state index is 5.76. The summed E-state index contributed by atoms with van der Waals surface area (Å²) in [6.07, 6.45) is 0. The summed E-state index contributed by atoms with van der Waals surface area (Å²) in [4.78, 5) is 14.5. The first-order valence-electron chi connectivity index (χ1n) is 7.83. The van der Waals surface area contributed by atoms with Gasteiger partial charge < -0.3 is 19.9 Å². The first-order chi connectivity index (χ1) is 12.5. The second kappa shape index (κ2) is 7.56. The molecule has 3 rings (SSSR count). The maximum Gasteiger partial charge on any atom is 0.229 e. The molecule has 2 aromatic heterocycles. The predicted octanol–water partition coefficient (Wildman–Crippen LogP) is 1.62. The van der Waals surface area contributed by atoms with E-state index < -0.39 is 0 Å². The third-order valence-electron chi connectivity index (χ3n) is 3.60. The minimum Gasteiger partial charge on any atom is -0.496 e. The number of methoxy groups -OCH3 is 1. The average Bonchev–Trinajstić information content (AvgIpc) is 3.00. The van der Waals surface area contributed by atoms with Gasteiger partial charge in [0, 0.05) is 21.1 Å². The van der Waals surface area contributed by atoms with Crippen molar-refractivity contribution in [2.24, 2.45) is 7.05 Å². The van der Waals surface area contributed by atoms with Crippen LogP contribution < -0.4 is 15.4 Å². The summed E-state index contributed by atoms with van der Waals surface area (Å²) in [6.45, 7) is 0. The molecule has 26 heavy (non-hydrogen) atoms. The Hall–Kier alpha value is -2.88. The Morgan fingerprint density at radius 3 is 2.65 bits per heavy atom. The van der Waals surface area contributed by atoms with Crippen LogP contribution in [0, 0.1) is 0 Å². The molecule has 9 nitrogen and oxygen atoms in total. The molecule has 2 N–H and O–H groups in total. The van der Waals surface area contributed by atoms with Crippen LogP contribution in [0.15, 0.2) is 29.4 Å². The predicted molar refractivity (Wildman–Crippen MR) is 101 cm³/mol. The standard InChI is InChI=1S/C16H20N8OS/c1-23(2)15-19-12(18-14(17)20-15)9-26-16-22-21-13(24(16)3)10-7-5-6-8-11(10)25-4/h5-8H,9H2,1-4H3,(H2,17,18,19,20). The fourth-order valence-corrected chi connectivity index (χ4v) is 3.09. The highest BCUT2D eigenvalue weighted by Crippen LogP contribution is 2.30. The largest absolute Gasteiger partial charge is 0.496 e. The van der Waals surface area contributed by atoms with Gasteiger partial charge >= 0.3 is 0 Å². The quantitative estimate of drug-likeness (QED) is 0.646. The second-order valence-corrected chi connectivity index (χ2v) is 6.60. The number of benzene rings is 1. The molecular formula is C16H20N8OS. The monoisotopic (exact) mass is 372 g/mol. The van der Waals surface area contributed by atoms with E-state index in [-0.39, 0.29) is 5.95 Å². The molecule has 0 saturated carbocycles. The lowest BCUT2D eigenvalue weighted by atomic mass is 10.2. The van der Waals surface area contributed by atoms with Gasteiger partial charge in [-0.3, -0.25) is 0 Å². The third kappa shape index (κ3) is 3.69. The van der Waals surface area contributed by atoms with Gasteiger partial charge in [-0.2, -0.15) is 15.0 Å². The molecule has 0 saturated heterocycles. The smallest absolute Gasteiger partial charge is 0.229 e. The van der Waals surface area contributed by atoms with Gasteiger partial charge in [0.2, 0.25) is 11.9 Å². The number of rotatable bonds is 6. The van der Waals surface area contributed by atoms with Gasteiger partial charge in [0.05, 0.1) is 18.4 Å². The van der Waals surface area contributed by atoms with E-state index in [9.17, 15) is 0 Å². The van der Waals surface area contributed by atoms with Crippen LogP contribution in [0.25, 0.3) is 11.4 Å². The summed E-state index contributed by atoms with van der Waals surface area (Å²) in [5.41, 5.74) is 6.65. The van der Waals surface area contributed by atoms with E-state index in [1.807, 2.05) is 50.0 Å². The van der Waals surface area contributed by atoms with Crippen molar-refractivity contribution in [3.8, 4) is 17.1 Å². The van der Waals surface area contributed by atoms with Crippen molar-refractivity contribution in [3.63, 3.8) is 0 Å². The summed E-state index contributed by atoms with van der Waals surface area (Å²) in [5, 5.41) is 9.31. The second-order valence-electron chi connectivity index (χ2n) is 5.66. The van der Waals surface area contributed by atoms with Crippen molar-refractivity contribution in [2.45, 2.75) is 10.9 Å². The lowest BCUT2D eigenvalue weighted by Gasteiger charge is -2.11. The number of anilines is 2. The summed E-state index contributed by atoms with van der Waals surface area (Å²) < 4.78 is 7.33. The molecule has 0 amide bonds. The lowest BCUT2D eigenvalue weighted by molar-refractivity contribution is 0.416. The molecule has 0 spiro atoms. The Morgan fingerprint density at radius 2 is 1.92 bits per heavy atom. The molecule has 0 radical (unpaired) electrons. The van der Waals surface area contributed by atoms with Crippen LogP contribution in [0.1, 0.15) is 5.82 Å². The van der Waals surface area contributed by atoms with Crippen LogP contribution in [-0.2, 0) is 12.8 Å². The van der Waals surface area contributed by atoms with Crippen LogP contribution in [0.4, 0.5) is 11.9 Å². The number of hydrogen-bond acceptors (Lipinski definition) is 9. The number of nitrogen functional groups attached to an aromatic ring is 1. The molecule has 0 bridgehead atoms. The summed E-state index contributed by atoms with van der Waals surface area (Å²) in [6, 6.07) is 7.71. The number of hydrogen-bond donors (Lipinski definition) is 1. The van der Waals surface area contributed by atoms with Crippen molar-refractivity contribution in [3.05, 3.63) is 30.1 Å². The van der Waals surface area contributed by atoms with Crippen molar-refractivity contribution >= 4 is 23.7 Å². The van der Waals surface area contributed by atoms with Crippen LogP contribution in [0.5, 0.6) is 5.75 Å². The van der Waals surface area contributed by atoms with Gasteiger partial charge in [0.15, 0.2) is 11.0 Å². The van der Waals surface area contributed by atoms with E-state index >= 15 is 0 Å². The van der Waals surface area contributed by atoms with Gasteiger partial charge in [-0.05, 0) is 12.1 Å². The van der Waals surface area contributed by atoms with Gasteiger partial charge in [-0.15, -0.1) is 10.2 Å². The van der Waals surface area contributed by atoms with Crippen LogP contribution >= 0.6 is 11.8 Å². The van der Waals surface area contributed by atoms with E-state index in [0.29, 0.717) is 17.5 Å². The lowest BCUT2D eigenvalue weighted by Crippen LogP contribution is -2.16. The number of ether oxygens (including phenoxy) is 1. The Labute approximate surface area is 155 Å². The van der Waals surface area contributed by atoms with Crippen molar-refractivity contribution in [2.75, 3.05) is 31.8 Å². The first kappa shape index (κ1) is 17.9. The highest BCUT2D eigenvalue weighted by Gasteiger charge is 2.15. The summed E-state index contributed by atoms with van der Waals surface area (Å²) in [7, 11) is 7.26. The van der Waals surface area contributed by atoms with Crippen LogP contribution in [-0.4, -0.2) is 50.9 Å². The average molecular weight is 372 g/mol. The van der Waals surface area contributed by atoms with Gasteiger partial charge in [-0.25, -0.2) is 0 Å². The maximum absolute atomic E-state index is 5.76. The van der Waals surface area contributed by atoms with E-state index in [0.717, 1.165) is 22.3 Å². The zero-order valence-corrected chi connectivity index (χ0v) is 15.9. The number of para-hydroxylation sites is 1. The topological polar surface area (TPSA) is 108 Å². The zero-order chi connectivity index (χ0) is 18.7. The SMILES string of the molecule is COc1ccccc1-c1nnc(SCc2nc(N)nc(N(C)C)n2)n1C. The van der Waals surface area contributed by atoms with Crippen molar-refractivity contribution in [1.29, 1.82) is 0 Å². The highest BCUT2D eigenvalue weighted by atomic mass is 32.2. The van der Waals surface area contributed by atoms with Crippen LogP contribution in [0.2, 0.25) is 0 Å². The Morgan fingerprint density at radius 1 is 1.15 bits per heavy atom. The molecule has 0 fully saturated rings. The number of nitrogens with zero attached hydrogens (tertiary/aromatic N) is 7. The zero-order valence-electron chi connectivity index (χ0n) is 15.0. The number of thioether (sulfide) groups is 1. The van der Waals surface area contributed by atoms with E-state index in [1.54, 1.807) is 12.0 Å². The first-order valence-corrected chi connectivity index (χ1v) is 8.81. The van der Waals surface area contributed by atoms with Crippen molar-refractivity contribution < 1.29 is 4.74 Å². The third-order valence-corrected chi connectivity index (χ3v) is 4.62. The molecule has 0 unspecified atom stereocenters. The van der Waals surface area contributed by atoms with Gasteiger partial charge in [0.25, 0.3) is 0 Å². The number of nitrogens with two attached hydrogens (primary N) is 1. The molecule has 1 aromatic carbocycles. The Bertz CT molecular complexity index is 911. The van der Waals surface area contributed by atoms with E-state index in [4.69, 9.17) is 10.5 Å². The fraction of sp³-hybridized carbons (Fsp3) is 0.312. The minimum atomic E-state index is 0.201. The highest BCUT2D eigenvalue weighted by molar-refractivity contribution is 7.98. The molecule has 136 valence electrons. The van der Waals surface area contributed by atoms with E-state index in [2.05, 4.69) is 25.1 Å². The molecule has 2 heterocycles. The summed E-state index contributed by atoms with van der Waals surface area (Å²) in [5.74, 6) is 3.31. The van der Waals surface area contributed by atoms with Gasteiger partial charge in [-0.1, -0.05) is 23.9 Å². The normalized spacial score (nSPS) is 10.8. The molecule has 10 heteroatoms. The molecule has 3 aromatic rings.